The van der Waals surface area contributed by atoms with E-state index < -0.39 is 10.0 Å². The molecule has 1 aromatic heterocycles. The second-order valence-corrected chi connectivity index (χ2v) is 6.38. The Morgan fingerprint density at radius 3 is 2.33 bits per heavy atom. The molecule has 0 radical (unpaired) electrons. The monoisotopic (exact) mass is 274 g/mol. The van der Waals surface area contributed by atoms with Gasteiger partial charge in [0.25, 0.3) is 0 Å². The van der Waals surface area contributed by atoms with Crippen molar-refractivity contribution in [2.75, 3.05) is 36.8 Å². The molecule has 2 rings (SSSR count). The molecule has 7 nitrogen and oxygen atoms in total. The Balaban J connectivity index is 1.98. The molecule has 1 aliphatic rings. The van der Waals surface area contributed by atoms with E-state index in [1.165, 1.54) is 4.31 Å². The quantitative estimate of drug-likeness (QED) is 0.775. The maximum absolute atomic E-state index is 11.7. The van der Waals surface area contributed by atoms with Crippen molar-refractivity contribution in [3.05, 3.63) is 5.89 Å². The molecule has 0 aliphatic carbocycles. The van der Waals surface area contributed by atoms with Crippen LogP contribution in [0.25, 0.3) is 0 Å². The first-order valence-corrected chi connectivity index (χ1v) is 7.73. The summed E-state index contributed by atoms with van der Waals surface area (Å²) in [6, 6.07) is 0.486. The molecule has 0 unspecified atom stereocenters. The van der Waals surface area contributed by atoms with Gasteiger partial charge in [0.05, 0.1) is 5.75 Å². The molecule has 1 aromatic rings. The van der Waals surface area contributed by atoms with Crippen molar-refractivity contribution < 1.29 is 12.8 Å². The molecule has 2 heterocycles. The van der Waals surface area contributed by atoms with Gasteiger partial charge in [-0.3, -0.25) is 0 Å². The van der Waals surface area contributed by atoms with Gasteiger partial charge in [0.1, 0.15) is 0 Å². The molecule has 0 bridgehead atoms. The van der Waals surface area contributed by atoms with Crippen LogP contribution in [0.15, 0.2) is 4.42 Å². The summed E-state index contributed by atoms with van der Waals surface area (Å²) in [6.07, 6.45) is 0.706. The van der Waals surface area contributed by atoms with E-state index in [0.717, 1.165) is 0 Å². The highest BCUT2D eigenvalue weighted by Gasteiger charge is 2.27. The standard InChI is InChI=1S/C10H18N4O3S/c1-3-9-11-12-10(17-9)13-5-7-14(8-6-13)18(15,16)4-2/h3-8H2,1-2H3. The summed E-state index contributed by atoms with van der Waals surface area (Å²) >= 11 is 0. The molecule has 18 heavy (non-hydrogen) atoms. The molecule has 0 atom stereocenters. The van der Waals surface area contributed by atoms with Gasteiger partial charge in [-0.15, -0.1) is 5.10 Å². The molecule has 8 heteroatoms. The number of aryl methyl sites for hydroxylation is 1. The van der Waals surface area contributed by atoms with Crippen molar-refractivity contribution in [3.8, 4) is 0 Å². The van der Waals surface area contributed by atoms with Crippen LogP contribution in [0.1, 0.15) is 19.7 Å². The fourth-order valence-electron chi connectivity index (χ4n) is 1.86. The minimum atomic E-state index is -3.09. The van der Waals surface area contributed by atoms with Gasteiger partial charge in [0.15, 0.2) is 0 Å². The normalized spacial score (nSPS) is 18.2. The summed E-state index contributed by atoms with van der Waals surface area (Å²) in [7, 11) is -3.09. The third-order valence-corrected chi connectivity index (χ3v) is 4.91. The maximum atomic E-state index is 11.7. The van der Waals surface area contributed by atoms with Crippen LogP contribution in [-0.2, 0) is 16.4 Å². The SMILES string of the molecule is CCc1nnc(N2CCN(S(=O)(=O)CC)CC2)o1. The number of hydrogen-bond acceptors (Lipinski definition) is 6. The number of nitrogens with zero attached hydrogens (tertiary/aromatic N) is 4. The van der Waals surface area contributed by atoms with Crippen molar-refractivity contribution in [3.63, 3.8) is 0 Å². The first kappa shape index (κ1) is 13.3. The third-order valence-electron chi connectivity index (χ3n) is 3.03. The first-order chi connectivity index (χ1) is 8.56. The number of aromatic nitrogens is 2. The summed E-state index contributed by atoms with van der Waals surface area (Å²) in [6.45, 7) is 5.73. The van der Waals surface area contributed by atoms with E-state index in [4.69, 9.17) is 4.42 Å². The van der Waals surface area contributed by atoms with Crippen molar-refractivity contribution >= 4 is 16.0 Å². The molecular weight excluding hydrogens is 256 g/mol. The van der Waals surface area contributed by atoms with E-state index in [0.29, 0.717) is 44.5 Å². The molecule has 1 saturated heterocycles. The van der Waals surface area contributed by atoms with E-state index in [2.05, 4.69) is 10.2 Å². The number of anilines is 1. The minimum Gasteiger partial charge on any atom is -0.408 e. The Kier molecular flexibility index (Phi) is 3.86. The average Bonchev–Trinajstić information content (AvgIpc) is 2.87. The van der Waals surface area contributed by atoms with Crippen molar-refractivity contribution in [1.82, 2.24) is 14.5 Å². The molecule has 1 fully saturated rings. The maximum Gasteiger partial charge on any atom is 0.318 e. The van der Waals surface area contributed by atoms with E-state index >= 15 is 0 Å². The predicted molar refractivity (Wildman–Crippen MR) is 66.9 cm³/mol. The van der Waals surface area contributed by atoms with Crippen LogP contribution in [0.5, 0.6) is 0 Å². The lowest BCUT2D eigenvalue weighted by atomic mass is 10.4. The van der Waals surface area contributed by atoms with E-state index in [9.17, 15) is 8.42 Å². The average molecular weight is 274 g/mol. The van der Waals surface area contributed by atoms with Gasteiger partial charge in [-0.2, -0.15) is 4.31 Å². The van der Waals surface area contributed by atoms with Gasteiger partial charge < -0.3 is 9.32 Å². The van der Waals surface area contributed by atoms with Crippen LogP contribution < -0.4 is 4.90 Å². The summed E-state index contributed by atoms with van der Waals surface area (Å²) in [5.74, 6) is 0.752. The van der Waals surface area contributed by atoms with E-state index in [1.54, 1.807) is 6.92 Å². The Bertz CT molecular complexity index is 491. The van der Waals surface area contributed by atoms with Crippen LogP contribution in [0.4, 0.5) is 6.01 Å². The lowest BCUT2D eigenvalue weighted by Crippen LogP contribution is -2.49. The fourth-order valence-corrected chi connectivity index (χ4v) is 2.94. The summed E-state index contributed by atoms with van der Waals surface area (Å²) < 4.78 is 30.4. The van der Waals surface area contributed by atoms with Crippen molar-refractivity contribution in [2.45, 2.75) is 20.3 Å². The molecule has 0 spiro atoms. The topological polar surface area (TPSA) is 79.5 Å². The molecule has 0 amide bonds. The fraction of sp³-hybridized carbons (Fsp3) is 0.800. The van der Waals surface area contributed by atoms with Crippen molar-refractivity contribution in [1.29, 1.82) is 0 Å². The molecule has 0 N–H and O–H groups in total. The zero-order valence-corrected chi connectivity index (χ0v) is 11.5. The van der Waals surface area contributed by atoms with Crippen LogP contribution >= 0.6 is 0 Å². The van der Waals surface area contributed by atoms with Gasteiger partial charge in [-0.1, -0.05) is 12.0 Å². The Labute approximate surface area is 107 Å². The summed E-state index contributed by atoms with van der Waals surface area (Å²) in [4.78, 5) is 1.92. The zero-order valence-electron chi connectivity index (χ0n) is 10.7. The third kappa shape index (κ3) is 2.64. The molecular formula is C10H18N4O3S. The lowest BCUT2D eigenvalue weighted by molar-refractivity contribution is 0.369. The van der Waals surface area contributed by atoms with Gasteiger partial charge in [0, 0.05) is 32.6 Å². The van der Waals surface area contributed by atoms with E-state index in [1.807, 2.05) is 11.8 Å². The Hall–Kier alpha value is -1.15. The highest BCUT2D eigenvalue weighted by atomic mass is 32.2. The van der Waals surface area contributed by atoms with E-state index in [-0.39, 0.29) is 5.75 Å². The number of rotatable bonds is 4. The van der Waals surface area contributed by atoms with Crippen molar-refractivity contribution in [2.24, 2.45) is 0 Å². The largest absolute Gasteiger partial charge is 0.408 e. The number of sulfonamides is 1. The van der Waals surface area contributed by atoms with Gasteiger partial charge >= 0.3 is 6.01 Å². The number of piperazine rings is 1. The number of hydrogen-bond donors (Lipinski definition) is 0. The Morgan fingerprint density at radius 1 is 1.17 bits per heavy atom. The first-order valence-electron chi connectivity index (χ1n) is 6.12. The molecule has 0 saturated carbocycles. The van der Waals surface area contributed by atoms with Gasteiger partial charge in [-0.25, -0.2) is 8.42 Å². The molecule has 0 aromatic carbocycles. The van der Waals surface area contributed by atoms with Crippen LogP contribution in [0.3, 0.4) is 0 Å². The molecule has 1 aliphatic heterocycles. The Morgan fingerprint density at radius 2 is 1.83 bits per heavy atom. The van der Waals surface area contributed by atoms with Crippen LogP contribution in [-0.4, -0.2) is 54.9 Å². The van der Waals surface area contributed by atoms with Crippen LogP contribution in [0.2, 0.25) is 0 Å². The summed E-state index contributed by atoms with van der Waals surface area (Å²) in [5, 5.41) is 7.86. The lowest BCUT2D eigenvalue weighted by Gasteiger charge is -2.32. The highest BCUT2D eigenvalue weighted by Crippen LogP contribution is 2.16. The van der Waals surface area contributed by atoms with Gasteiger partial charge in [0.2, 0.25) is 15.9 Å². The summed E-state index contributed by atoms with van der Waals surface area (Å²) in [5.41, 5.74) is 0. The second kappa shape index (κ2) is 5.23. The molecule has 102 valence electrons. The predicted octanol–water partition coefficient (Wildman–Crippen LogP) is 0.104. The highest BCUT2D eigenvalue weighted by molar-refractivity contribution is 7.89. The second-order valence-electron chi connectivity index (χ2n) is 4.12. The minimum absolute atomic E-state index is 0.146. The zero-order chi connectivity index (χ0) is 13.2. The van der Waals surface area contributed by atoms with Gasteiger partial charge in [-0.05, 0) is 6.92 Å². The van der Waals surface area contributed by atoms with Crippen LogP contribution in [0, 0.1) is 0 Å². The smallest absolute Gasteiger partial charge is 0.318 e.